The van der Waals surface area contributed by atoms with Gasteiger partial charge in [0, 0.05) is 31.7 Å². The molecule has 1 amide bonds. The van der Waals surface area contributed by atoms with E-state index in [0.29, 0.717) is 24.1 Å². The Morgan fingerprint density at radius 2 is 1.85 bits per heavy atom. The predicted molar refractivity (Wildman–Crippen MR) is 149 cm³/mol. The van der Waals surface area contributed by atoms with Crippen LogP contribution in [0.5, 0.6) is 5.88 Å². The lowest BCUT2D eigenvalue weighted by molar-refractivity contribution is -0.118. The van der Waals surface area contributed by atoms with Gasteiger partial charge in [-0.05, 0) is 37.3 Å². The van der Waals surface area contributed by atoms with Crippen LogP contribution in [0.25, 0.3) is 0 Å². The van der Waals surface area contributed by atoms with E-state index in [4.69, 9.17) is 26.9 Å². The Morgan fingerprint density at radius 1 is 1.22 bits per heavy atom. The number of aldehydes is 1. The topological polar surface area (TPSA) is 149 Å². The average molecular weight is 601 g/mol. The van der Waals surface area contributed by atoms with Crippen molar-refractivity contribution in [3.63, 3.8) is 0 Å². The number of aromatic nitrogens is 2. The van der Waals surface area contributed by atoms with Crippen LogP contribution in [0.3, 0.4) is 0 Å². The summed E-state index contributed by atoms with van der Waals surface area (Å²) < 4.78 is 43.4. The van der Waals surface area contributed by atoms with Crippen LogP contribution >= 0.6 is 11.6 Å². The first-order chi connectivity index (χ1) is 19.5. The van der Waals surface area contributed by atoms with E-state index in [1.807, 2.05) is 37.3 Å². The second kappa shape index (κ2) is 18.6. The monoisotopic (exact) mass is 600 g/mol. The van der Waals surface area contributed by atoms with E-state index in [1.165, 1.54) is 20.4 Å². The van der Waals surface area contributed by atoms with E-state index >= 15 is 0 Å². The number of methoxy groups -OCH3 is 1. The molecule has 41 heavy (non-hydrogen) atoms. The van der Waals surface area contributed by atoms with E-state index in [-0.39, 0.29) is 55.1 Å². The molecular weight excluding hydrogens is 565 g/mol. The number of allylic oxidation sites excluding steroid dienone is 1. The SMILES string of the molecule is CN/C(=C/NC(C)c1cc(Cl)nnc1OC)C(=N)F.O=CNC(C=O)C1CCC(F)(F)CC1.OCc1ccccc1. The predicted octanol–water partition coefficient (Wildman–Crippen LogP) is 4.10. The van der Waals surface area contributed by atoms with Crippen molar-refractivity contribution in [1.82, 2.24) is 26.1 Å². The van der Waals surface area contributed by atoms with Crippen molar-refractivity contribution >= 4 is 30.3 Å². The minimum absolute atomic E-state index is 0.0407. The van der Waals surface area contributed by atoms with Gasteiger partial charge in [-0.1, -0.05) is 41.9 Å². The Labute approximate surface area is 242 Å². The van der Waals surface area contributed by atoms with E-state index in [2.05, 4.69) is 26.1 Å². The third kappa shape index (κ3) is 13.0. The molecule has 5 N–H and O–H groups in total. The number of aliphatic hydroxyl groups excluding tert-OH is 1. The van der Waals surface area contributed by atoms with Crippen molar-refractivity contribution in [2.24, 2.45) is 5.92 Å². The fourth-order valence-electron chi connectivity index (χ4n) is 3.75. The van der Waals surface area contributed by atoms with Crippen molar-refractivity contribution in [2.75, 3.05) is 14.2 Å². The Bertz CT molecular complexity index is 1120. The number of benzene rings is 1. The number of hydrogen-bond acceptors (Lipinski definition) is 9. The molecule has 0 bridgehead atoms. The Hall–Kier alpha value is -3.71. The van der Waals surface area contributed by atoms with Crippen LogP contribution in [0.15, 0.2) is 48.3 Å². The molecule has 2 unspecified atom stereocenters. The Balaban J connectivity index is 0.000000333. The zero-order valence-corrected chi connectivity index (χ0v) is 23.8. The van der Waals surface area contributed by atoms with Crippen molar-refractivity contribution < 1.29 is 32.6 Å². The molecule has 0 radical (unpaired) electrons. The normalized spacial score (nSPS) is 15.9. The molecule has 1 heterocycles. The van der Waals surface area contributed by atoms with Gasteiger partial charge in [0.2, 0.25) is 24.2 Å². The van der Waals surface area contributed by atoms with Crippen LogP contribution in [0.4, 0.5) is 13.2 Å². The van der Waals surface area contributed by atoms with E-state index in [9.17, 15) is 22.8 Å². The molecule has 0 spiro atoms. The highest BCUT2D eigenvalue weighted by Crippen LogP contribution is 2.37. The third-order valence-electron chi connectivity index (χ3n) is 6.10. The molecule has 14 heteroatoms. The molecule has 10 nitrogen and oxygen atoms in total. The minimum atomic E-state index is -2.59. The summed E-state index contributed by atoms with van der Waals surface area (Å²) >= 11 is 5.78. The minimum Gasteiger partial charge on any atom is -0.480 e. The number of aliphatic hydroxyl groups is 1. The van der Waals surface area contributed by atoms with Gasteiger partial charge in [-0.25, -0.2) is 8.78 Å². The third-order valence-corrected chi connectivity index (χ3v) is 6.29. The zero-order chi connectivity index (χ0) is 30.8. The van der Waals surface area contributed by atoms with Gasteiger partial charge in [0.25, 0.3) is 0 Å². The van der Waals surface area contributed by atoms with Crippen LogP contribution in [-0.4, -0.2) is 60.1 Å². The molecule has 1 aromatic carbocycles. The van der Waals surface area contributed by atoms with Crippen molar-refractivity contribution in [3.8, 4) is 5.88 Å². The summed E-state index contributed by atoms with van der Waals surface area (Å²) in [5, 5.41) is 31.0. The van der Waals surface area contributed by atoms with E-state index in [0.717, 1.165) is 5.56 Å². The van der Waals surface area contributed by atoms with Gasteiger partial charge < -0.3 is 30.6 Å². The van der Waals surface area contributed by atoms with Crippen LogP contribution in [0.1, 0.15) is 49.8 Å². The maximum absolute atomic E-state index is 12.8. The lowest BCUT2D eigenvalue weighted by Gasteiger charge is -2.30. The Morgan fingerprint density at radius 3 is 2.32 bits per heavy atom. The molecule has 226 valence electrons. The number of rotatable bonds is 11. The van der Waals surface area contributed by atoms with Gasteiger partial charge in [0.05, 0.1) is 25.8 Å². The number of halogens is 4. The van der Waals surface area contributed by atoms with Crippen LogP contribution in [0, 0.1) is 11.3 Å². The van der Waals surface area contributed by atoms with Gasteiger partial charge >= 0.3 is 0 Å². The quantitative estimate of drug-likeness (QED) is 0.191. The summed E-state index contributed by atoms with van der Waals surface area (Å²) in [6.45, 7) is 1.96. The molecule has 1 aliphatic carbocycles. The smallest absolute Gasteiger partial charge is 0.248 e. The highest BCUT2D eigenvalue weighted by molar-refractivity contribution is 6.29. The second-order valence-electron chi connectivity index (χ2n) is 8.93. The molecule has 0 saturated heterocycles. The first-order valence-electron chi connectivity index (χ1n) is 12.6. The lowest BCUT2D eigenvalue weighted by Crippen LogP contribution is -2.40. The highest BCUT2D eigenvalue weighted by atomic mass is 35.5. The molecule has 1 saturated carbocycles. The molecule has 2 atom stereocenters. The summed E-state index contributed by atoms with van der Waals surface area (Å²) in [6, 6.07) is 10.3. The standard InChI is InChI=1S/C11H15ClFN5O.C9H13F2NO2.C7H8O/c1-6(16-5-8(15-2)10(13)14)7-4-9(12)17-18-11(7)19-3;10-9(11)3-1-7(2-4-9)8(5-13)12-6-14;8-6-7-4-2-1-3-5-7/h4-6,14-16H,1-3H3;5-8H,1-4H2,(H,12,14);1-5,8H,6H2/b8-5+,14-10?;;. The molecule has 1 aliphatic rings. The average Bonchev–Trinajstić information content (AvgIpc) is 2.97. The van der Waals surface area contributed by atoms with Gasteiger partial charge in [0.15, 0.2) is 5.15 Å². The van der Waals surface area contributed by atoms with Gasteiger partial charge in [0.1, 0.15) is 12.0 Å². The maximum atomic E-state index is 12.8. The zero-order valence-electron chi connectivity index (χ0n) is 23.0. The lowest BCUT2D eigenvalue weighted by atomic mass is 9.82. The van der Waals surface area contributed by atoms with Crippen molar-refractivity contribution in [2.45, 2.75) is 57.2 Å². The van der Waals surface area contributed by atoms with E-state index in [1.54, 1.807) is 6.07 Å². The van der Waals surface area contributed by atoms with Crippen LogP contribution in [-0.2, 0) is 16.2 Å². The fourth-order valence-corrected chi connectivity index (χ4v) is 3.91. The van der Waals surface area contributed by atoms with E-state index < -0.39 is 17.9 Å². The molecule has 1 fully saturated rings. The Kier molecular flexibility index (Phi) is 16.0. The molecule has 1 aromatic heterocycles. The molecule has 0 aliphatic heterocycles. The van der Waals surface area contributed by atoms with Crippen LogP contribution in [0.2, 0.25) is 5.15 Å². The van der Waals surface area contributed by atoms with Crippen molar-refractivity contribution in [3.05, 3.63) is 64.6 Å². The number of carbonyl (C=O) groups is 2. The number of alkyl halides is 2. The largest absolute Gasteiger partial charge is 0.480 e. The van der Waals surface area contributed by atoms with Crippen LogP contribution < -0.4 is 20.7 Å². The number of carbonyl (C=O) groups excluding carboxylic acids is 2. The van der Waals surface area contributed by atoms with Crippen molar-refractivity contribution in [1.29, 1.82) is 5.41 Å². The molecule has 3 rings (SSSR count). The summed E-state index contributed by atoms with van der Waals surface area (Å²) in [4.78, 5) is 20.7. The second-order valence-corrected chi connectivity index (χ2v) is 9.31. The molecule has 2 aromatic rings. The van der Waals surface area contributed by atoms with Gasteiger partial charge in [-0.3, -0.25) is 10.2 Å². The van der Waals surface area contributed by atoms with Gasteiger partial charge in [-0.15, -0.1) is 10.2 Å². The first kappa shape index (κ1) is 35.3. The number of amides is 1. The molecular formula is C27H36ClF3N6O4. The highest BCUT2D eigenvalue weighted by Gasteiger charge is 2.37. The van der Waals surface area contributed by atoms with Gasteiger partial charge in [-0.2, -0.15) is 4.39 Å². The summed E-state index contributed by atoms with van der Waals surface area (Å²) in [5.74, 6) is -3.46. The number of nitrogens with one attached hydrogen (secondary N) is 4. The summed E-state index contributed by atoms with van der Waals surface area (Å²) in [6.07, 6.45) is 2.61. The fraction of sp³-hybridized carbons (Fsp3) is 0.444. The number of hydrogen-bond donors (Lipinski definition) is 5. The summed E-state index contributed by atoms with van der Waals surface area (Å²) in [5.41, 5.74) is 1.69. The number of nitrogens with zero attached hydrogens (tertiary/aromatic N) is 2. The summed E-state index contributed by atoms with van der Waals surface area (Å²) in [7, 11) is 3.00. The number of ether oxygens (including phenoxy) is 1. The maximum Gasteiger partial charge on any atom is 0.248 e. The first-order valence-corrected chi connectivity index (χ1v) is 13.0.